The van der Waals surface area contributed by atoms with E-state index in [1.807, 2.05) is 30.8 Å². The number of anilines is 2. The molecule has 9 heteroatoms. The van der Waals surface area contributed by atoms with Gasteiger partial charge >= 0.3 is 0 Å². The number of carbonyl (C=O) groups is 1. The van der Waals surface area contributed by atoms with Gasteiger partial charge in [-0.2, -0.15) is 5.10 Å². The van der Waals surface area contributed by atoms with Crippen molar-refractivity contribution in [2.75, 3.05) is 44.5 Å². The van der Waals surface area contributed by atoms with Crippen LogP contribution in [0, 0.1) is 12.7 Å². The largest absolute Gasteiger partial charge is 0.496 e. The molecular weight excluding hydrogens is 495 g/mol. The maximum Gasteiger partial charge on any atom is 0.255 e. The van der Waals surface area contributed by atoms with Gasteiger partial charge in [0.25, 0.3) is 5.91 Å². The van der Waals surface area contributed by atoms with Gasteiger partial charge in [0.2, 0.25) is 0 Å². The van der Waals surface area contributed by atoms with Gasteiger partial charge in [0.05, 0.1) is 41.0 Å². The Labute approximate surface area is 229 Å². The summed E-state index contributed by atoms with van der Waals surface area (Å²) in [6, 6.07) is 9.05. The Kier molecular flexibility index (Phi) is 8.50. The monoisotopic (exact) mass is 532 g/mol. The van der Waals surface area contributed by atoms with Gasteiger partial charge in [-0.3, -0.25) is 14.5 Å². The van der Waals surface area contributed by atoms with E-state index in [4.69, 9.17) is 4.74 Å². The number of carbonyl (C=O) groups excluding carboxylic acids is 1. The van der Waals surface area contributed by atoms with Gasteiger partial charge in [-0.05, 0) is 71.1 Å². The van der Waals surface area contributed by atoms with Crippen molar-refractivity contribution in [1.82, 2.24) is 14.7 Å². The van der Waals surface area contributed by atoms with E-state index in [2.05, 4.69) is 45.9 Å². The van der Waals surface area contributed by atoms with Gasteiger partial charge in [-0.15, -0.1) is 0 Å². The number of methoxy groups -OCH3 is 1. The first-order valence-electron chi connectivity index (χ1n) is 13.0. The first kappa shape index (κ1) is 28.0. The van der Waals surface area contributed by atoms with Crippen LogP contribution in [-0.4, -0.2) is 66.6 Å². The number of halogens is 1. The van der Waals surface area contributed by atoms with Crippen molar-refractivity contribution in [3.05, 3.63) is 71.8 Å². The van der Waals surface area contributed by atoms with Crippen LogP contribution in [0.1, 0.15) is 31.0 Å². The molecule has 4 rings (SSSR count). The number of benzene rings is 2. The zero-order valence-electron chi connectivity index (χ0n) is 23.6. The lowest BCUT2D eigenvalue weighted by atomic mass is 10.0. The minimum Gasteiger partial charge on any atom is -0.496 e. The standard InChI is InChI=1S/C30H37FN6O2/c1-19(13-16-32-20(2)27-23(31)9-8-10-26(27)39-7)30(38)33-24-11-12-25-28(21(3)34-36(25)6)29(24)37-17-14-22(15-18-37)35(4)5/h8-13,16,22H,1,14-15,17-18H2,2-7H3,(H,33,38)/b16-13-,32-20?. The molecular formula is C30H37FN6O2. The molecule has 1 fully saturated rings. The SMILES string of the molecule is C=C(/C=C\N=C(C)c1c(F)cccc1OC)C(=O)Nc1ccc2c(c(C)nn2C)c1N1CCC(N(C)C)CC1. The molecule has 0 spiro atoms. The summed E-state index contributed by atoms with van der Waals surface area (Å²) in [5, 5.41) is 8.74. The van der Waals surface area contributed by atoms with Gasteiger partial charge in [0.1, 0.15) is 11.6 Å². The van der Waals surface area contributed by atoms with E-state index in [-0.39, 0.29) is 17.0 Å². The molecule has 3 aromatic rings. The van der Waals surface area contributed by atoms with Gasteiger partial charge in [0.15, 0.2) is 0 Å². The van der Waals surface area contributed by atoms with Crippen LogP contribution in [0.3, 0.4) is 0 Å². The fourth-order valence-electron chi connectivity index (χ4n) is 5.18. The molecule has 0 bridgehead atoms. The molecule has 1 aliphatic heterocycles. The molecule has 8 nitrogen and oxygen atoms in total. The quantitative estimate of drug-likeness (QED) is 0.249. The Bertz CT molecular complexity index is 1450. The molecule has 2 aromatic carbocycles. The number of hydrogen-bond donors (Lipinski definition) is 1. The van der Waals surface area contributed by atoms with Gasteiger partial charge < -0.3 is 19.9 Å². The van der Waals surface area contributed by atoms with Gasteiger partial charge in [-0.25, -0.2) is 4.39 Å². The van der Waals surface area contributed by atoms with Crippen LogP contribution in [0.5, 0.6) is 5.75 Å². The van der Waals surface area contributed by atoms with Crippen molar-refractivity contribution in [1.29, 1.82) is 0 Å². The first-order chi connectivity index (χ1) is 18.6. The fraction of sp³-hybridized carbons (Fsp3) is 0.367. The lowest BCUT2D eigenvalue weighted by Gasteiger charge is -2.37. The average molecular weight is 533 g/mol. The third kappa shape index (κ3) is 5.88. The molecule has 1 saturated heterocycles. The molecule has 39 heavy (non-hydrogen) atoms. The normalized spacial score (nSPS) is 15.0. The number of rotatable bonds is 8. The van der Waals surface area contributed by atoms with E-state index >= 15 is 0 Å². The smallest absolute Gasteiger partial charge is 0.255 e. The summed E-state index contributed by atoms with van der Waals surface area (Å²) in [5.74, 6) is -0.374. The molecule has 1 amide bonds. The number of nitrogens with one attached hydrogen (secondary N) is 1. The van der Waals surface area contributed by atoms with E-state index in [0.717, 1.165) is 53.9 Å². The summed E-state index contributed by atoms with van der Waals surface area (Å²) in [6.07, 6.45) is 5.04. The maximum atomic E-state index is 14.4. The summed E-state index contributed by atoms with van der Waals surface area (Å²) in [7, 11) is 7.66. The van der Waals surface area contributed by atoms with Crippen molar-refractivity contribution < 1.29 is 13.9 Å². The Morgan fingerprint density at radius 1 is 1.26 bits per heavy atom. The number of hydrogen-bond acceptors (Lipinski definition) is 6. The van der Waals surface area contributed by atoms with E-state index in [9.17, 15) is 9.18 Å². The van der Waals surface area contributed by atoms with Crippen LogP contribution in [0.2, 0.25) is 0 Å². The third-order valence-corrected chi connectivity index (χ3v) is 7.32. The predicted octanol–water partition coefficient (Wildman–Crippen LogP) is 5.08. The maximum absolute atomic E-state index is 14.4. The van der Waals surface area contributed by atoms with E-state index in [1.165, 1.54) is 25.5 Å². The highest BCUT2D eigenvalue weighted by Gasteiger charge is 2.26. The molecule has 0 atom stereocenters. The Hall–Kier alpha value is -3.98. The number of aromatic nitrogens is 2. The zero-order chi connectivity index (χ0) is 28.3. The van der Waals surface area contributed by atoms with Gasteiger partial charge in [-0.1, -0.05) is 12.6 Å². The number of piperidine rings is 1. The second-order valence-corrected chi connectivity index (χ2v) is 10.1. The predicted molar refractivity (Wildman–Crippen MR) is 156 cm³/mol. The second kappa shape index (κ2) is 11.8. The Morgan fingerprint density at radius 2 is 1.97 bits per heavy atom. The van der Waals surface area contributed by atoms with Crippen molar-refractivity contribution in [3.8, 4) is 5.75 Å². The average Bonchev–Trinajstić information content (AvgIpc) is 3.21. The summed E-state index contributed by atoms with van der Waals surface area (Å²) < 4.78 is 21.5. The van der Waals surface area contributed by atoms with Crippen LogP contribution in [0.25, 0.3) is 10.9 Å². The fourth-order valence-corrected chi connectivity index (χ4v) is 5.18. The molecule has 0 radical (unpaired) electrons. The first-order valence-corrected chi connectivity index (χ1v) is 13.0. The lowest BCUT2D eigenvalue weighted by molar-refractivity contribution is -0.112. The van der Waals surface area contributed by atoms with Crippen molar-refractivity contribution >= 4 is 33.9 Å². The van der Waals surface area contributed by atoms with E-state index in [1.54, 1.807) is 19.1 Å². The van der Waals surface area contributed by atoms with E-state index < -0.39 is 5.82 Å². The van der Waals surface area contributed by atoms with Crippen LogP contribution in [0.4, 0.5) is 15.8 Å². The van der Waals surface area contributed by atoms with Crippen LogP contribution in [0.15, 0.2) is 59.8 Å². The number of nitrogens with zero attached hydrogens (tertiary/aromatic N) is 5. The highest BCUT2D eigenvalue weighted by molar-refractivity contribution is 6.11. The Morgan fingerprint density at radius 3 is 2.64 bits per heavy atom. The zero-order valence-corrected chi connectivity index (χ0v) is 23.6. The summed E-state index contributed by atoms with van der Waals surface area (Å²) in [6.45, 7) is 9.37. The number of fused-ring (bicyclic) bond motifs is 1. The van der Waals surface area contributed by atoms with Crippen molar-refractivity contribution in [2.45, 2.75) is 32.7 Å². The molecule has 1 aliphatic rings. The van der Waals surface area contributed by atoms with Crippen LogP contribution >= 0.6 is 0 Å². The van der Waals surface area contributed by atoms with Crippen LogP contribution in [-0.2, 0) is 11.8 Å². The molecule has 0 aliphatic carbocycles. The lowest BCUT2D eigenvalue weighted by Crippen LogP contribution is -2.42. The number of aryl methyl sites for hydroxylation is 2. The van der Waals surface area contributed by atoms with Crippen molar-refractivity contribution in [2.24, 2.45) is 12.0 Å². The van der Waals surface area contributed by atoms with Crippen molar-refractivity contribution in [3.63, 3.8) is 0 Å². The molecule has 2 heterocycles. The van der Waals surface area contributed by atoms with Crippen LogP contribution < -0.4 is 15.0 Å². The number of amides is 1. The molecule has 0 saturated carbocycles. The summed E-state index contributed by atoms with van der Waals surface area (Å²) in [5.41, 5.74) is 4.58. The van der Waals surface area contributed by atoms with E-state index in [0.29, 0.717) is 17.5 Å². The minimum absolute atomic E-state index is 0.229. The summed E-state index contributed by atoms with van der Waals surface area (Å²) >= 11 is 0. The summed E-state index contributed by atoms with van der Waals surface area (Å²) in [4.78, 5) is 22.1. The number of ether oxygens (including phenoxy) is 1. The minimum atomic E-state index is -0.427. The molecule has 0 unspecified atom stereocenters. The molecule has 206 valence electrons. The number of aliphatic imine (C=N–C) groups is 1. The van der Waals surface area contributed by atoms with Gasteiger partial charge in [0, 0.05) is 43.3 Å². The Balaban J connectivity index is 1.57. The molecule has 1 N–H and O–H groups in total. The molecule has 1 aromatic heterocycles. The third-order valence-electron chi connectivity index (χ3n) is 7.32. The highest BCUT2D eigenvalue weighted by Crippen LogP contribution is 2.38. The second-order valence-electron chi connectivity index (χ2n) is 10.1. The topological polar surface area (TPSA) is 75.0 Å². The highest BCUT2D eigenvalue weighted by atomic mass is 19.1.